The van der Waals surface area contributed by atoms with Gasteiger partial charge in [0.1, 0.15) is 0 Å². The van der Waals surface area contributed by atoms with Crippen molar-refractivity contribution in [1.29, 1.82) is 0 Å². The number of methoxy groups -OCH3 is 1. The zero-order valence-electron chi connectivity index (χ0n) is 10.0. The molecule has 4 heteroatoms. The minimum absolute atomic E-state index is 0.00962. The molecule has 0 saturated heterocycles. The second kappa shape index (κ2) is 6.77. The zero-order chi connectivity index (χ0) is 12.8. The van der Waals surface area contributed by atoms with Crippen molar-refractivity contribution >= 4 is 21.9 Å². The first-order valence-electron chi connectivity index (χ1n) is 5.51. The lowest BCUT2D eigenvalue weighted by Crippen LogP contribution is -2.27. The number of carboxylic acids is 1. The van der Waals surface area contributed by atoms with Crippen LogP contribution in [0.1, 0.15) is 12.5 Å². The van der Waals surface area contributed by atoms with Crippen molar-refractivity contribution in [3.63, 3.8) is 0 Å². The van der Waals surface area contributed by atoms with Crippen LogP contribution in [0.3, 0.4) is 0 Å². The molecule has 1 aromatic carbocycles. The fourth-order valence-corrected chi connectivity index (χ4v) is 2.26. The van der Waals surface area contributed by atoms with Crippen molar-refractivity contribution < 1.29 is 14.6 Å². The molecule has 0 aromatic heterocycles. The predicted octanol–water partition coefficient (Wildman–Crippen LogP) is 2.97. The number of benzene rings is 1. The molecule has 0 amide bonds. The third-order valence-corrected chi connectivity index (χ3v) is 3.60. The quantitative estimate of drug-likeness (QED) is 0.878. The van der Waals surface area contributed by atoms with E-state index in [9.17, 15) is 9.90 Å². The highest BCUT2D eigenvalue weighted by molar-refractivity contribution is 9.10. The lowest BCUT2D eigenvalue weighted by atomic mass is 9.88. The Labute approximate surface area is 110 Å². The maximum Gasteiger partial charge on any atom is 0.307 e. The number of halogens is 1. The van der Waals surface area contributed by atoms with Gasteiger partial charge in [0.05, 0.1) is 5.92 Å². The Bertz CT molecular complexity index is 379. The SMILES string of the molecule is COCC(C)C(Cc1ccccc1Br)C(=O)O. The van der Waals surface area contributed by atoms with Crippen LogP contribution in [0, 0.1) is 11.8 Å². The van der Waals surface area contributed by atoms with Gasteiger partial charge in [-0.3, -0.25) is 4.79 Å². The van der Waals surface area contributed by atoms with Crippen LogP contribution in [-0.4, -0.2) is 24.8 Å². The van der Waals surface area contributed by atoms with E-state index in [1.54, 1.807) is 7.11 Å². The average molecular weight is 301 g/mol. The third kappa shape index (κ3) is 4.13. The summed E-state index contributed by atoms with van der Waals surface area (Å²) in [5.74, 6) is -1.21. The Morgan fingerprint density at radius 2 is 2.12 bits per heavy atom. The molecule has 2 atom stereocenters. The normalized spacial score (nSPS) is 14.3. The van der Waals surface area contributed by atoms with Gasteiger partial charge in [0.15, 0.2) is 0 Å². The highest BCUT2D eigenvalue weighted by Gasteiger charge is 2.25. The summed E-state index contributed by atoms with van der Waals surface area (Å²) in [6.45, 7) is 2.36. The summed E-state index contributed by atoms with van der Waals surface area (Å²) in [5.41, 5.74) is 1.02. The van der Waals surface area contributed by atoms with Crippen LogP contribution in [0.5, 0.6) is 0 Å². The summed E-state index contributed by atoms with van der Waals surface area (Å²) in [4.78, 5) is 11.3. The van der Waals surface area contributed by atoms with E-state index in [0.717, 1.165) is 10.0 Å². The van der Waals surface area contributed by atoms with Crippen molar-refractivity contribution in [3.05, 3.63) is 34.3 Å². The van der Waals surface area contributed by atoms with Gasteiger partial charge in [0.25, 0.3) is 0 Å². The highest BCUT2D eigenvalue weighted by atomic mass is 79.9. The Kier molecular flexibility index (Phi) is 5.65. The molecule has 1 aromatic rings. The van der Waals surface area contributed by atoms with Crippen LogP contribution in [0.25, 0.3) is 0 Å². The summed E-state index contributed by atoms with van der Waals surface area (Å²) in [7, 11) is 1.59. The van der Waals surface area contributed by atoms with Gasteiger partial charge in [-0.15, -0.1) is 0 Å². The van der Waals surface area contributed by atoms with E-state index in [1.165, 1.54) is 0 Å². The lowest BCUT2D eigenvalue weighted by molar-refractivity contribution is -0.144. The minimum Gasteiger partial charge on any atom is -0.481 e. The topological polar surface area (TPSA) is 46.5 Å². The molecule has 0 spiro atoms. The van der Waals surface area contributed by atoms with Crippen LogP contribution in [0.2, 0.25) is 0 Å². The van der Waals surface area contributed by atoms with E-state index < -0.39 is 11.9 Å². The fraction of sp³-hybridized carbons (Fsp3) is 0.462. The van der Waals surface area contributed by atoms with Crippen molar-refractivity contribution in [3.8, 4) is 0 Å². The fourth-order valence-electron chi connectivity index (χ4n) is 1.81. The number of carboxylic acid groups (broad SMARTS) is 1. The van der Waals surface area contributed by atoms with Gasteiger partial charge in [-0.25, -0.2) is 0 Å². The summed E-state index contributed by atoms with van der Waals surface area (Å²) in [6, 6.07) is 7.71. The van der Waals surface area contributed by atoms with Crippen molar-refractivity contribution in [2.75, 3.05) is 13.7 Å². The number of hydrogen-bond donors (Lipinski definition) is 1. The van der Waals surface area contributed by atoms with Crippen LogP contribution in [-0.2, 0) is 16.0 Å². The average Bonchev–Trinajstić information content (AvgIpc) is 2.27. The molecule has 2 unspecified atom stereocenters. The molecule has 1 rings (SSSR count). The van der Waals surface area contributed by atoms with Crippen molar-refractivity contribution in [1.82, 2.24) is 0 Å². The number of hydrogen-bond acceptors (Lipinski definition) is 2. The summed E-state index contributed by atoms with van der Waals surface area (Å²) in [5, 5.41) is 9.25. The maximum atomic E-state index is 11.3. The number of rotatable bonds is 6. The predicted molar refractivity (Wildman–Crippen MR) is 70.0 cm³/mol. The first-order chi connectivity index (χ1) is 8.06. The minimum atomic E-state index is -0.773. The lowest BCUT2D eigenvalue weighted by Gasteiger charge is -2.20. The maximum absolute atomic E-state index is 11.3. The molecule has 0 aliphatic carbocycles. The molecule has 17 heavy (non-hydrogen) atoms. The zero-order valence-corrected chi connectivity index (χ0v) is 11.6. The van der Waals surface area contributed by atoms with E-state index >= 15 is 0 Å². The van der Waals surface area contributed by atoms with E-state index in [0.29, 0.717) is 13.0 Å². The van der Waals surface area contributed by atoms with Crippen LogP contribution in [0.15, 0.2) is 28.7 Å². The van der Waals surface area contributed by atoms with Gasteiger partial charge < -0.3 is 9.84 Å². The summed E-state index contributed by atoms with van der Waals surface area (Å²) < 4.78 is 5.98. The van der Waals surface area contributed by atoms with Gasteiger partial charge in [-0.2, -0.15) is 0 Å². The molecule has 0 radical (unpaired) electrons. The summed E-state index contributed by atoms with van der Waals surface area (Å²) in [6.07, 6.45) is 0.515. The molecule has 1 N–H and O–H groups in total. The van der Waals surface area contributed by atoms with Gasteiger partial charge in [0, 0.05) is 18.2 Å². The van der Waals surface area contributed by atoms with Crippen molar-refractivity contribution in [2.45, 2.75) is 13.3 Å². The van der Waals surface area contributed by atoms with Crippen LogP contribution in [0.4, 0.5) is 0 Å². The van der Waals surface area contributed by atoms with Crippen LogP contribution < -0.4 is 0 Å². The number of aliphatic carboxylic acids is 1. The Morgan fingerprint density at radius 3 is 2.65 bits per heavy atom. The van der Waals surface area contributed by atoms with Crippen LogP contribution >= 0.6 is 15.9 Å². The Balaban J connectivity index is 2.80. The molecule has 0 bridgehead atoms. The monoisotopic (exact) mass is 300 g/mol. The highest BCUT2D eigenvalue weighted by Crippen LogP contribution is 2.23. The van der Waals surface area contributed by atoms with E-state index in [1.807, 2.05) is 31.2 Å². The van der Waals surface area contributed by atoms with Gasteiger partial charge >= 0.3 is 5.97 Å². The third-order valence-electron chi connectivity index (χ3n) is 2.83. The number of ether oxygens (including phenoxy) is 1. The molecular weight excluding hydrogens is 284 g/mol. The molecule has 0 fully saturated rings. The van der Waals surface area contributed by atoms with Gasteiger partial charge in [-0.1, -0.05) is 41.1 Å². The van der Waals surface area contributed by atoms with Gasteiger partial charge in [0.2, 0.25) is 0 Å². The standard InChI is InChI=1S/C13H17BrO3/c1-9(8-17-2)11(13(15)16)7-10-5-3-4-6-12(10)14/h3-6,9,11H,7-8H2,1-2H3,(H,15,16). The second-order valence-electron chi connectivity index (χ2n) is 4.17. The number of carbonyl (C=O) groups is 1. The first-order valence-corrected chi connectivity index (χ1v) is 6.30. The molecule has 0 aliphatic heterocycles. The Morgan fingerprint density at radius 1 is 1.47 bits per heavy atom. The molecular formula is C13H17BrO3. The first kappa shape index (κ1) is 14.2. The molecule has 0 heterocycles. The van der Waals surface area contributed by atoms with E-state index in [-0.39, 0.29) is 5.92 Å². The largest absolute Gasteiger partial charge is 0.481 e. The Hall–Kier alpha value is -0.870. The smallest absolute Gasteiger partial charge is 0.307 e. The second-order valence-corrected chi connectivity index (χ2v) is 5.03. The molecule has 3 nitrogen and oxygen atoms in total. The summed E-state index contributed by atoms with van der Waals surface area (Å²) >= 11 is 3.44. The van der Waals surface area contributed by atoms with E-state index in [2.05, 4.69) is 15.9 Å². The molecule has 94 valence electrons. The molecule has 0 saturated carbocycles. The van der Waals surface area contributed by atoms with Gasteiger partial charge in [-0.05, 0) is 24.0 Å². The van der Waals surface area contributed by atoms with Crippen molar-refractivity contribution in [2.24, 2.45) is 11.8 Å². The van der Waals surface area contributed by atoms with E-state index in [4.69, 9.17) is 4.74 Å². The molecule has 0 aliphatic rings.